The number of hydrogen-bond acceptors (Lipinski definition) is 8. The number of likely N-dealkylation sites (tertiary alicyclic amines) is 1. The van der Waals surface area contributed by atoms with Crippen molar-refractivity contribution in [3.8, 4) is 6.07 Å². The molecule has 1 unspecified atom stereocenters. The van der Waals surface area contributed by atoms with Crippen molar-refractivity contribution >= 4 is 23.2 Å². The van der Waals surface area contributed by atoms with Gasteiger partial charge in [0, 0.05) is 24.0 Å². The van der Waals surface area contributed by atoms with E-state index in [1.54, 1.807) is 26.8 Å². The lowest BCUT2D eigenvalue weighted by Crippen LogP contribution is -2.57. The Balaban J connectivity index is 1.43. The molecular formula is C28H30F2N8O. The molecule has 2 aliphatic heterocycles. The molecule has 1 aliphatic carbocycles. The van der Waals surface area contributed by atoms with E-state index in [1.165, 1.54) is 17.1 Å². The summed E-state index contributed by atoms with van der Waals surface area (Å²) in [6.45, 7) is 7.34. The molecule has 2 aromatic rings. The Bertz CT molecular complexity index is 1430. The van der Waals surface area contributed by atoms with Crippen LogP contribution in [0.15, 0.2) is 47.5 Å². The highest BCUT2D eigenvalue weighted by atomic mass is 19.1. The van der Waals surface area contributed by atoms with Crippen LogP contribution in [0.4, 0.5) is 20.5 Å². The molecule has 0 spiro atoms. The fraction of sp³-hybridized carbons (Fsp3) is 0.429. The number of rotatable bonds is 5. The molecule has 0 saturated carbocycles. The minimum atomic E-state index is -1.13. The van der Waals surface area contributed by atoms with E-state index >= 15 is 8.78 Å². The number of hydrogen-bond donors (Lipinski definition) is 1. The number of anilines is 2. The lowest BCUT2D eigenvalue weighted by Gasteiger charge is -2.48. The highest BCUT2D eigenvalue weighted by molar-refractivity contribution is 6.01. The van der Waals surface area contributed by atoms with Crippen LogP contribution < -0.4 is 5.32 Å². The summed E-state index contributed by atoms with van der Waals surface area (Å²) in [5.41, 5.74) is 0.0794. The summed E-state index contributed by atoms with van der Waals surface area (Å²) in [6, 6.07) is 5.24. The topological polar surface area (TPSA) is 111 Å². The molecular weight excluding hydrogens is 502 g/mol. The van der Waals surface area contributed by atoms with Gasteiger partial charge in [0.15, 0.2) is 11.6 Å². The van der Waals surface area contributed by atoms with Crippen LogP contribution in [0.3, 0.4) is 0 Å². The van der Waals surface area contributed by atoms with Crippen LogP contribution in [0.5, 0.6) is 0 Å². The second-order valence-electron chi connectivity index (χ2n) is 10.8. The van der Waals surface area contributed by atoms with Crippen molar-refractivity contribution in [2.75, 3.05) is 25.5 Å². The highest BCUT2D eigenvalue weighted by Gasteiger charge is 2.48. The van der Waals surface area contributed by atoms with Gasteiger partial charge in [-0.05, 0) is 83.6 Å². The fourth-order valence-corrected chi connectivity index (χ4v) is 5.74. The first-order valence-electron chi connectivity index (χ1n) is 13.0. The lowest BCUT2D eigenvalue weighted by molar-refractivity contribution is -0.134. The quantitative estimate of drug-likeness (QED) is 0.602. The molecule has 3 aliphatic rings. The van der Waals surface area contributed by atoms with Crippen LogP contribution in [-0.4, -0.2) is 67.6 Å². The van der Waals surface area contributed by atoms with E-state index < -0.39 is 23.1 Å². The highest BCUT2D eigenvalue weighted by Crippen LogP contribution is 2.46. The lowest BCUT2D eigenvalue weighted by atomic mass is 9.74. The van der Waals surface area contributed by atoms with E-state index in [-0.39, 0.29) is 40.8 Å². The Morgan fingerprint density at radius 3 is 2.56 bits per heavy atom. The molecule has 1 N–H and O–H groups in total. The number of allylic oxidation sites excluding steroid dienone is 2. The average molecular weight is 533 g/mol. The van der Waals surface area contributed by atoms with Crippen LogP contribution in [0.25, 0.3) is 5.57 Å². The molecule has 1 saturated heterocycles. The van der Waals surface area contributed by atoms with Crippen molar-refractivity contribution in [3.05, 3.63) is 64.7 Å². The molecule has 4 heterocycles. The maximum atomic E-state index is 15.5. The summed E-state index contributed by atoms with van der Waals surface area (Å²) in [5.74, 6) is -1.00. The van der Waals surface area contributed by atoms with Crippen molar-refractivity contribution in [1.29, 1.82) is 5.26 Å². The van der Waals surface area contributed by atoms with Gasteiger partial charge in [-0.2, -0.15) is 10.4 Å². The number of aromatic nitrogens is 4. The Hall–Kier alpha value is -4.04. The molecule has 202 valence electrons. The Morgan fingerprint density at radius 1 is 1.18 bits per heavy atom. The van der Waals surface area contributed by atoms with Gasteiger partial charge in [-0.1, -0.05) is 0 Å². The van der Waals surface area contributed by atoms with E-state index in [1.807, 2.05) is 12.1 Å². The molecule has 1 fully saturated rings. The molecule has 11 heteroatoms. The number of nitrogens with zero attached hydrogens (tertiary/aromatic N) is 7. The van der Waals surface area contributed by atoms with Gasteiger partial charge in [0.1, 0.15) is 23.2 Å². The van der Waals surface area contributed by atoms with E-state index in [0.29, 0.717) is 11.7 Å². The zero-order valence-corrected chi connectivity index (χ0v) is 22.4. The van der Waals surface area contributed by atoms with Crippen LogP contribution in [0.1, 0.15) is 57.3 Å². The second-order valence-corrected chi connectivity index (χ2v) is 10.8. The molecule has 39 heavy (non-hydrogen) atoms. The van der Waals surface area contributed by atoms with Gasteiger partial charge >= 0.3 is 0 Å². The standard InChI is InChI=1S/C28H30F2N8O/c1-16(2)38-26(39)19(14-31)11-20-21(29)12-18(13-28(20,38)3)25-22(30)15-32-27(34-25)33-24-6-5-23(35-36-24)17-7-9-37(4)10-8-17/h5-6,11-12,15-17H,7-10,13H2,1-4H3,(H,32,33,34,36). The van der Waals surface area contributed by atoms with E-state index in [2.05, 4.69) is 37.4 Å². The zero-order chi connectivity index (χ0) is 27.9. The number of nitrogens with one attached hydrogen (secondary N) is 1. The number of carbonyl (C=O) groups excluding carboxylic acids is 1. The molecule has 5 rings (SSSR count). The first-order chi connectivity index (χ1) is 18.6. The Kier molecular flexibility index (Phi) is 6.99. The minimum Gasteiger partial charge on any atom is -0.326 e. The van der Waals surface area contributed by atoms with Gasteiger partial charge in [0.2, 0.25) is 5.95 Å². The van der Waals surface area contributed by atoms with Gasteiger partial charge in [-0.15, -0.1) is 5.10 Å². The van der Waals surface area contributed by atoms with Gasteiger partial charge in [0.25, 0.3) is 5.91 Å². The van der Waals surface area contributed by atoms with E-state index in [0.717, 1.165) is 37.8 Å². The van der Waals surface area contributed by atoms with Crippen molar-refractivity contribution in [1.82, 2.24) is 30.0 Å². The fourth-order valence-electron chi connectivity index (χ4n) is 5.74. The summed E-state index contributed by atoms with van der Waals surface area (Å²) < 4.78 is 30.5. The zero-order valence-electron chi connectivity index (χ0n) is 22.4. The van der Waals surface area contributed by atoms with E-state index in [9.17, 15) is 10.1 Å². The molecule has 2 aromatic heterocycles. The first-order valence-corrected chi connectivity index (χ1v) is 13.0. The van der Waals surface area contributed by atoms with Crippen LogP contribution in [0.2, 0.25) is 0 Å². The van der Waals surface area contributed by atoms with Gasteiger partial charge < -0.3 is 15.1 Å². The SMILES string of the molecule is CC(C)N1C(=O)C(C#N)=CC2=C(F)C=C(c3nc(Nc4ccc(C5CCN(C)CC5)nn4)ncc3F)CC21C. The number of fused-ring (bicyclic) bond motifs is 1. The smallest absolute Gasteiger partial charge is 0.265 e. The largest absolute Gasteiger partial charge is 0.326 e. The third kappa shape index (κ3) is 4.92. The number of amides is 1. The number of halogens is 2. The molecule has 1 amide bonds. The summed E-state index contributed by atoms with van der Waals surface area (Å²) >= 11 is 0. The monoisotopic (exact) mass is 532 g/mol. The summed E-state index contributed by atoms with van der Waals surface area (Å²) in [4.78, 5) is 25.2. The Labute approximate surface area is 226 Å². The normalized spacial score (nSPS) is 22.4. The molecule has 0 radical (unpaired) electrons. The summed E-state index contributed by atoms with van der Waals surface area (Å²) in [6.07, 6.45) is 5.68. The molecule has 1 atom stereocenters. The van der Waals surface area contributed by atoms with Crippen molar-refractivity contribution in [2.45, 2.75) is 57.5 Å². The van der Waals surface area contributed by atoms with Crippen molar-refractivity contribution < 1.29 is 13.6 Å². The maximum absolute atomic E-state index is 15.5. The predicted octanol–water partition coefficient (Wildman–Crippen LogP) is 4.43. The molecule has 9 nitrogen and oxygen atoms in total. The van der Waals surface area contributed by atoms with Gasteiger partial charge in [-0.3, -0.25) is 4.79 Å². The van der Waals surface area contributed by atoms with Crippen LogP contribution >= 0.6 is 0 Å². The second kappa shape index (κ2) is 10.3. The van der Waals surface area contributed by atoms with Crippen LogP contribution in [-0.2, 0) is 4.79 Å². The van der Waals surface area contributed by atoms with Gasteiger partial charge in [-0.25, -0.2) is 18.7 Å². The average Bonchev–Trinajstić information content (AvgIpc) is 2.90. The molecule has 0 aromatic carbocycles. The summed E-state index contributed by atoms with van der Waals surface area (Å²) in [7, 11) is 2.11. The minimum absolute atomic E-state index is 0.0787. The van der Waals surface area contributed by atoms with E-state index in [4.69, 9.17) is 0 Å². The Morgan fingerprint density at radius 2 is 1.92 bits per heavy atom. The first kappa shape index (κ1) is 26.6. The third-order valence-corrected chi connectivity index (χ3v) is 7.69. The molecule has 0 bridgehead atoms. The van der Waals surface area contributed by atoms with Crippen LogP contribution in [0, 0.1) is 17.1 Å². The number of nitriles is 1. The number of piperidine rings is 1. The van der Waals surface area contributed by atoms with Crippen molar-refractivity contribution in [3.63, 3.8) is 0 Å². The van der Waals surface area contributed by atoms with Gasteiger partial charge in [0.05, 0.1) is 17.4 Å². The number of carbonyl (C=O) groups is 1. The third-order valence-electron chi connectivity index (χ3n) is 7.69. The summed E-state index contributed by atoms with van der Waals surface area (Å²) in [5, 5.41) is 21.0. The van der Waals surface area contributed by atoms with Crippen molar-refractivity contribution in [2.24, 2.45) is 0 Å². The predicted molar refractivity (Wildman–Crippen MR) is 142 cm³/mol. The maximum Gasteiger partial charge on any atom is 0.265 e.